The Kier molecular flexibility index (Phi) is 6.45. The fraction of sp³-hybridized carbons (Fsp3) is 0. The Balaban J connectivity index is 1.76. The average molecular weight is 440 g/mol. The van der Waals surface area contributed by atoms with Gasteiger partial charge in [0.2, 0.25) is 0 Å². The number of hydrazone groups is 1. The van der Waals surface area contributed by atoms with Gasteiger partial charge in [-0.1, -0.05) is 103 Å². The molecule has 0 amide bonds. The van der Waals surface area contributed by atoms with Crippen molar-refractivity contribution in [3.8, 4) is 0 Å². The van der Waals surface area contributed by atoms with Crippen LogP contribution < -0.4 is 9.91 Å². The second-order valence-electron chi connectivity index (χ2n) is 7.78. The van der Waals surface area contributed by atoms with E-state index in [4.69, 9.17) is 5.10 Å². The minimum Gasteiger partial charge on any atom is -0.293 e. The van der Waals surface area contributed by atoms with E-state index in [1.54, 1.807) is 0 Å². The molecule has 3 heteroatoms. The van der Waals surface area contributed by atoms with Crippen molar-refractivity contribution in [2.24, 2.45) is 5.10 Å². The zero-order chi connectivity index (χ0) is 23.0. The van der Waals surface area contributed by atoms with Gasteiger partial charge in [-0.2, -0.15) is 0 Å². The van der Waals surface area contributed by atoms with E-state index in [1.165, 1.54) is 0 Å². The van der Waals surface area contributed by atoms with Crippen molar-refractivity contribution < 1.29 is 0 Å². The van der Waals surface area contributed by atoms with Gasteiger partial charge in [0.25, 0.3) is 0 Å². The zero-order valence-electron chi connectivity index (χ0n) is 18.8. The quantitative estimate of drug-likeness (QED) is 0.151. The van der Waals surface area contributed by atoms with E-state index in [9.17, 15) is 0 Å². The Morgan fingerprint density at radius 3 is 1.09 bits per heavy atom. The zero-order valence-corrected chi connectivity index (χ0v) is 18.8. The summed E-state index contributed by atoms with van der Waals surface area (Å²) in [7, 11) is 0. The fourth-order valence-corrected chi connectivity index (χ4v) is 3.86. The smallest absolute Gasteiger partial charge is 0.165 e. The lowest BCUT2D eigenvalue weighted by Gasteiger charge is -2.29. The average Bonchev–Trinajstić information content (AvgIpc) is 2.93. The van der Waals surface area contributed by atoms with Crippen molar-refractivity contribution in [2.75, 3.05) is 9.91 Å². The predicted molar refractivity (Wildman–Crippen MR) is 143 cm³/mol. The topological polar surface area (TPSA) is 18.8 Å². The standard InChI is InChI=1S/C31H25N3/c1-6-16-26(17-7-1)31(33(27-18-8-2-9-19-27)28-20-10-3-11-21-28)32-34(29-22-12-4-13-23-29)30-24-14-5-15-25-30/h1-25H. The molecule has 5 rings (SSSR count). The molecule has 0 saturated heterocycles. The minimum absolute atomic E-state index is 0.825. The SMILES string of the molecule is c1ccc(C(=NN(c2ccccc2)c2ccccc2)N(c2ccccc2)c2ccccc2)cc1. The Labute approximate surface area is 200 Å². The lowest BCUT2D eigenvalue weighted by molar-refractivity contribution is 1.07. The summed E-state index contributed by atoms with van der Waals surface area (Å²) in [5.41, 5.74) is 5.08. The van der Waals surface area contributed by atoms with Crippen LogP contribution in [0.1, 0.15) is 5.56 Å². The van der Waals surface area contributed by atoms with Crippen LogP contribution in [0.5, 0.6) is 0 Å². The Morgan fingerprint density at radius 2 is 0.706 bits per heavy atom. The molecule has 0 unspecified atom stereocenters. The van der Waals surface area contributed by atoms with Gasteiger partial charge in [-0.15, -0.1) is 5.10 Å². The van der Waals surface area contributed by atoms with Gasteiger partial charge < -0.3 is 0 Å². The van der Waals surface area contributed by atoms with E-state index < -0.39 is 0 Å². The summed E-state index contributed by atoms with van der Waals surface area (Å²) in [5, 5.41) is 7.32. The van der Waals surface area contributed by atoms with Gasteiger partial charge in [0, 0.05) is 16.9 Å². The number of para-hydroxylation sites is 4. The number of rotatable bonds is 6. The van der Waals surface area contributed by atoms with Gasteiger partial charge in [0.1, 0.15) is 0 Å². The Hall–Kier alpha value is -4.63. The molecule has 0 heterocycles. The number of benzene rings is 5. The van der Waals surface area contributed by atoms with Crippen LogP contribution in [0.25, 0.3) is 0 Å². The summed E-state index contributed by atoms with van der Waals surface area (Å²) in [4.78, 5) is 2.20. The van der Waals surface area contributed by atoms with E-state index in [-0.39, 0.29) is 0 Å². The summed E-state index contributed by atoms with van der Waals surface area (Å²) in [6, 6.07) is 51.6. The third kappa shape index (κ3) is 4.74. The maximum Gasteiger partial charge on any atom is 0.165 e. The summed E-state index contributed by atoms with van der Waals surface area (Å²) in [5.74, 6) is 0.825. The molecule has 0 N–H and O–H groups in total. The maximum absolute atomic E-state index is 5.32. The van der Waals surface area contributed by atoms with Gasteiger partial charge in [-0.25, -0.2) is 5.01 Å². The first-order valence-electron chi connectivity index (χ1n) is 11.3. The van der Waals surface area contributed by atoms with Gasteiger partial charge >= 0.3 is 0 Å². The number of amidine groups is 1. The minimum atomic E-state index is 0.825. The summed E-state index contributed by atoms with van der Waals surface area (Å²) in [6.45, 7) is 0. The van der Waals surface area contributed by atoms with Crippen molar-refractivity contribution >= 4 is 28.6 Å². The molecule has 5 aromatic carbocycles. The molecule has 0 bridgehead atoms. The molecule has 0 radical (unpaired) electrons. The van der Waals surface area contributed by atoms with Gasteiger partial charge in [0.05, 0.1) is 11.4 Å². The second kappa shape index (κ2) is 10.3. The fourth-order valence-electron chi connectivity index (χ4n) is 3.86. The van der Waals surface area contributed by atoms with Crippen molar-refractivity contribution in [3.05, 3.63) is 157 Å². The molecule has 0 aliphatic carbocycles. The van der Waals surface area contributed by atoms with Crippen LogP contribution in [-0.4, -0.2) is 5.84 Å². The van der Waals surface area contributed by atoms with Crippen LogP contribution in [0.3, 0.4) is 0 Å². The van der Waals surface area contributed by atoms with E-state index in [0.29, 0.717) is 0 Å². The van der Waals surface area contributed by atoms with Gasteiger partial charge in [0.15, 0.2) is 5.84 Å². The van der Waals surface area contributed by atoms with Crippen molar-refractivity contribution in [1.82, 2.24) is 0 Å². The van der Waals surface area contributed by atoms with Crippen molar-refractivity contribution in [2.45, 2.75) is 0 Å². The molecule has 164 valence electrons. The predicted octanol–water partition coefficient (Wildman–Crippen LogP) is 8.02. The van der Waals surface area contributed by atoms with Crippen molar-refractivity contribution in [3.63, 3.8) is 0 Å². The highest BCUT2D eigenvalue weighted by atomic mass is 15.5. The monoisotopic (exact) mass is 439 g/mol. The molecular weight excluding hydrogens is 414 g/mol. The van der Waals surface area contributed by atoms with Crippen LogP contribution in [0.15, 0.2) is 157 Å². The van der Waals surface area contributed by atoms with Crippen molar-refractivity contribution in [1.29, 1.82) is 0 Å². The van der Waals surface area contributed by atoms with E-state index in [2.05, 4.69) is 89.8 Å². The first-order chi connectivity index (χ1) is 16.9. The van der Waals surface area contributed by atoms with Crippen LogP contribution in [0.4, 0.5) is 22.7 Å². The molecule has 0 aliphatic heterocycles. The Morgan fingerprint density at radius 1 is 0.382 bits per heavy atom. The van der Waals surface area contributed by atoms with Crippen LogP contribution in [-0.2, 0) is 0 Å². The number of anilines is 4. The summed E-state index contributed by atoms with van der Waals surface area (Å²) >= 11 is 0. The van der Waals surface area contributed by atoms with Crippen LogP contribution in [0.2, 0.25) is 0 Å². The molecule has 34 heavy (non-hydrogen) atoms. The molecule has 0 spiro atoms. The largest absolute Gasteiger partial charge is 0.293 e. The first kappa shape index (κ1) is 21.2. The highest BCUT2D eigenvalue weighted by Gasteiger charge is 2.20. The van der Waals surface area contributed by atoms with E-state index >= 15 is 0 Å². The number of hydrogen-bond donors (Lipinski definition) is 0. The molecule has 0 aliphatic rings. The molecule has 5 aromatic rings. The lowest BCUT2D eigenvalue weighted by atomic mass is 10.1. The van der Waals surface area contributed by atoms with E-state index in [1.807, 2.05) is 71.7 Å². The second-order valence-corrected chi connectivity index (χ2v) is 7.78. The molecule has 0 aromatic heterocycles. The molecule has 0 saturated carbocycles. The van der Waals surface area contributed by atoms with Gasteiger partial charge in [-0.05, 0) is 48.5 Å². The van der Waals surface area contributed by atoms with Crippen LogP contribution in [0, 0.1) is 0 Å². The van der Waals surface area contributed by atoms with Crippen LogP contribution >= 0.6 is 0 Å². The maximum atomic E-state index is 5.32. The lowest BCUT2D eigenvalue weighted by Crippen LogP contribution is -2.29. The Bertz CT molecular complexity index is 1240. The third-order valence-corrected chi connectivity index (χ3v) is 5.47. The third-order valence-electron chi connectivity index (χ3n) is 5.47. The first-order valence-corrected chi connectivity index (χ1v) is 11.3. The highest BCUT2D eigenvalue weighted by Crippen LogP contribution is 2.31. The molecule has 0 atom stereocenters. The molecular formula is C31H25N3. The summed E-state index contributed by atoms with van der Waals surface area (Å²) < 4.78 is 0. The highest BCUT2D eigenvalue weighted by molar-refractivity contribution is 6.14. The van der Waals surface area contributed by atoms with Gasteiger partial charge in [-0.3, -0.25) is 4.90 Å². The molecule has 3 nitrogen and oxygen atoms in total. The number of hydrogen-bond acceptors (Lipinski definition) is 2. The summed E-state index contributed by atoms with van der Waals surface area (Å²) in [6.07, 6.45) is 0. The number of nitrogens with zero attached hydrogens (tertiary/aromatic N) is 3. The molecule has 0 fully saturated rings. The van der Waals surface area contributed by atoms with E-state index in [0.717, 1.165) is 34.1 Å². The normalized spacial score (nSPS) is 11.1.